The molecule has 0 aliphatic heterocycles. The van der Waals surface area contributed by atoms with Crippen molar-refractivity contribution in [1.82, 2.24) is 29.7 Å². The molecule has 24 heavy (non-hydrogen) atoms. The fourth-order valence-electron chi connectivity index (χ4n) is 3.05. The Hall–Kier alpha value is -2.61. The Kier molecular flexibility index (Phi) is 3.81. The number of fused-ring (bicyclic) bond motifs is 1. The van der Waals surface area contributed by atoms with Crippen molar-refractivity contribution in [2.24, 2.45) is 0 Å². The lowest BCUT2D eigenvalue weighted by atomic mass is 9.93. The summed E-state index contributed by atoms with van der Waals surface area (Å²) in [5.74, 6) is 0.680. The molecule has 0 bridgehead atoms. The van der Waals surface area contributed by atoms with Crippen molar-refractivity contribution in [2.45, 2.75) is 32.2 Å². The highest BCUT2D eigenvalue weighted by molar-refractivity contribution is 7.08. The number of pyridine rings is 1. The summed E-state index contributed by atoms with van der Waals surface area (Å²) in [7, 11) is 0. The number of carbonyl (C=O) groups is 1. The average Bonchev–Trinajstić information content (AvgIpc) is 3.22. The third kappa shape index (κ3) is 2.58. The second-order valence-electron chi connectivity index (χ2n) is 5.75. The Morgan fingerprint density at radius 3 is 3.08 bits per heavy atom. The van der Waals surface area contributed by atoms with Gasteiger partial charge < -0.3 is 5.32 Å². The molecule has 1 atom stereocenters. The number of amides is 1. The quantitative estimate of drug-likeness (QED) is 0.790. The van der Waals surface area contributed by atoms with Gasteiger partial charge in [0.1, 0.15) is 4.88 Å². The van der Waals surface area contributed by atoms with Gasteiger partial charge in [0.15, 0.2) is 5.82 Å². The van der Waals surface area contributed by atoms with E-state index in [-0.39, 0.29) is 11.9 Å². The van der Waals surface area contributed by atoms with Gasteiger partial charge in [-0.15, -0.1) is 5.10 Å². The largest absolute Gasteiger partial charge is 0.344 e. The number of rotatable bonds is 3. The van der Waals surface area contributed by atoms with Gasteiger partial charge in [-0.3, -0.25) is 4.79 Å². The van der Waals surface area contributed by atoms with Crippen molar-refractivity contribution in [3.63, 3.8) is 0 Å². The Morgan fingerprint density at radius 2 is 2.33 bits per heavy atom. The van der Waals surface area contributed by atoms with Gasteiger partial charge in [-0.05, 0) is 49.9 Å². The SMILES string of the molecule is Cc1nnsc1C(=O)N[C@@H]1CCCc2c1cnn2-c1ccccn1. The van der Waals surface area contributed by atoms with E-state index in [2.05, 4.69) is 25.0 Å². The highest BCUT2D eigenvalue weighted by Gasteiger charge is 2.27. The van der Waals surface area contributed by atoms with Crippen molar-refractivity contribution in [3.8, 4) is 5.82 Å². The van der Waals surface area contributed by atoms with Crippen LogP contribution in [0.25, 0.3) is 5.82 Å². The van der Waals surface area contributed by atoms with Crippen LogP contribution in [0.4, 0.5) is 0 Å². The van der Waals surface area contributed by atoms with E-state index >= 15 is 0 Å². The lowest BCUT2D eigenvalue weighted by Gasteiger charge is -2.23. The van der Waals surface area contributed by atoms with Crippen LogP contribution in [-0.4, -0.2) is 30.3 Å². The average molecular weight is 340 g/mol. The molecule has 8 heteroatoms. The highest BCUT2D eigenvalue weighted by Crippen LogP contribution is 2.31. The molecule has 0 unspecified atom stereocenters. The Balaban J connectivity index is 1.62. The predicted octanol–water partition coefficient (Wildman–Crippen LogP) is 2.23. The van der Waals surface area contributed by atoms with E-state index in [0.717, 1.165) is 47.9 Å². The van der Waals surface area contributed by atoms with Gasteiger partial charge >= 0.3 is 0 Å². The van der Waals surface area contributed by atoms with E-state index in [9.17, 15) is 4.79 Å². The second-order valence-corrected chi connectivity index (χ2v) is 6.51. The van der Waals surface area contributed by atoms with Crippen LogP contribution in [0, 0.1) is 6.92 Å². The maximum Gasteiger partial charge on any atom is 0.265 e. The fourth-order valence-corrected chi connectivity index (χ4v) is 3.61. The second kappa shape index (κ2) is 6.12. The first-order valence-electron chi connectivity index (χ1n) is 7.82. The van der Waals surface area contributed by atoms with Crippen LogP contribution in [0.2, 0.25) is 0 Å². The van der Waals surface area contributed by atoms with Crippen molar-refractivity contribution in [3.05, 3.63) is 52.4 Å². The van der Waals surface area contributed by atoms with Gasteiger partial charge in [0.25, 0.3) is 5.91 Å². The molecule has 0 saturated carbocycles. The molecular formula is C16H16N6OS. The van der Waals surface area contributed by atoms with Crippen molar-refractivity contribution in [2.75, 3.05) is 0 Å². The van der Waals surface area contributed by atoms with Crippen LogP contribution < -0.4 is 5.32 Å². The number of nitrogens with zero attached hydrogens (tertiary/aromatic N) is 5. The number of nitrogens with one attached hydrogen (secondary N) is 1. The normalized spacial score (nSPS) is 16.6. The summed E-state index contributed by atoms with van der Waals surface area (Å²) in [5.41, 5.74) is 2.84. The molecule has 1 aliphatic carbocycles. The van der Waals surface area contributed by atoms with Gasteiger partial charge in [-0.2, -0.15) is 5.10 Å². The molecule has 122 valence electrons. The smallest absolute Gasteiger partial charge is 0.265 e. The van der Waals surface area contributed by atoms with Gasteiger partial charge in [0.2, 0.25) is 0 Å². The topological polar surface area (TPSA) is 85.6 Å². The molecule has 0 aromatic carbocycles. The Morgan fingerprint density at radius 1 is 1.42 bits per heavy atom. The van der Waals surface area contributed by atoms with Crippen molar-refractivity contribution >= 4 is 17.4 Å². The molecule has 4 rings (SSSR count). The maximum atomic E-state index is 12.5. The summed E-state index contributed by atoms with van der Waals surface area (Å²) in [5, 5.41) is 11.5. The maximum absolute atomic E-state index is 12.5. The number of aromatic nitrogens is 5. The molecule has 3 aromatic rings. The molecule has 0 spiro atoms. The van der Waals surface area contributed by atoms with Crippen LogP contribution in [0.3, 0.4) is 0 Å². The molecule has 1 N–H and O–H groups in total. The zero-order chi connectivity index (χ0) is 16.5. The van der Waals surface area contributed by atoms with Gasteiger partial charge in [0.05, 0.1) is 23.6 Å². The zero-order valence-corrected chi connectivity index (χ0v) is 14.0. The Labute approximate surface area is 142 Å². The lowest BCUT2D eigenvalue weighted by Crippen LogP contribution is -2.30. The summed E-state index contributed by atoms with van der Waals surface area (Å²) < 4.78 is 5.70. The predicted molar refractivity (Wildman–Crippen MR) is 89.2 cm³/mol. The monoisotopic (exact) mass is 340 g/mol. The standard InChI is InChI=1S/C16H16N6OS/c1-10-15(24-21-20-10)16(23)19-12-5-4-6-13-11(12)9-18-22(13)14-7-2-3-8-17-14/h2-3,7-9,12H,4-6H2,1H3,(H,19,23)/t12-/m1/s1. The van der Waals surface area contributed by atoms with Crippen molar-refractivity contribution in [1.29, 1.82) is 0 Å². The lowest BCUT2D eigenvalue weighted by molar-refractivity contribution is 0.0936. The van der Waals surface area contributed by atoms with Crippen LogP contribution in [0.15, 0.2) is 30.6 Å². The highest BCUT2D eigenvalue weighted by atomic mass is 32.1. The number of hydrogen-bond donors (Lipinski definition) is 1. The molecule has 0 radical (unpaired) electrons. The van der Waals surface area contributed by atoms with E-state index < -0.39 is 0 Å². The molecule has 1 aliphatic rings. The van der Waals surface area contributed by atoms with Crippen LogP contribution in [-0.2, 0) is 6.42 Å². The first-order valence-corrected chi connectivity index (χ1v) is 8.59. The third-order valence-corrected chi connectivity index (χ3v) is 5.04. The zero-order valence-electron chi connectivity index (χ0n) is 13.1. The molecular weight excluding hydrogens is 324 g/mol. The Bertz CT molecular complexity index is 872. The van der Waals surface area contributed by atoms with Crippen molar-refractivity contribution < 1.29 is 4.79 Å². The molecule has 7 nitrogen and oxygen atoms in total. The van der Waals surface area contributed by atoms with Crippen LogP contribution in [0.1, 0.15) is 45.5 Å². The summed E-state index contributed by atoms with van der Waals surface area (Å²) >= 11 is 1.13. The fraction of sp³-hybridized carbons (Fsp3) is 0.312. The molecule has 1 amide bonds. The van der Waals surface area contributed by atoms with Crippen LogP contribution >= 0.6 is 11.5 Å². The molecule has 0 saturated heterocycles. The van der Waals surface area contributed by atoms with E-state index in [1.54, 1.807) is 13.1 Å². The summed E-state index contributed by atoms with van der Waals surface area (Å²) in [4.78, 5) is 17.4. The summed E-state index contributed by atoms with van der Waals surface area (Å²) in [6, 6.07) is 5.72. The van der Waals surface area contributed by atoms with Gasteiger partial charge in [-0.25, -0.2) is 9.67 Å². The number of hydrogen-bond acceptors (Lipinski definition) is 6. The van der Waals surface area contributed by atoms with Gasteiger partial charge in [0, 0.05) is 11.8 Å². The number of aryl methyl sites for hydroxylation is 1. The number of carbonyl (C=O) groups excluding carboxylic acids is 1. The first-order chi connectivity index (χ1) is 11.7. The minimum atomic E-state index is -0.120. The minimum Gasteiger partial charge on any atom is -0.344 e. The van der Waals surface area contributed by atoms with E-state index in [1.165, 1.54) is 0 Å². The third-order valence-electron chi connectivity index (χ3n) is 4.21. The molecule has 3 aromatic heterocycles. The minimum absolute atomic E-state index is 0.0415. The van der Waals surface area contributed by atoms with E-state index in [0.29, 0.717) is 10.6 Å². The molecule has 3 heterocycles. The van der Waals surface area contributed by atoms with Gasteiger partial charge in [-0.1, -0.05) is 10.6 Å². The summed E-state index contributed by atoms with van der Waals surface area (Å²) in [6.07, 6.45) is 6.42. The van der Waals surface area contributed by atoms with Crippen LogP contribution in [0.5, 0.6) is 0 Å². The van der Waals surface area contributed by atoms with E-state index in [4.69, 9.17) is 0 Å². The summed E-state index contributed by atoms with van der Waals surface area (Å²) in [6.45, 7) is 1.80. The first kappa shape index (κ1) is 14.9. The molecule has 0 fully saturated rings. The van der Waals surface area contributed by atoms with E-state index in [1.807, 2.05) is 29.1 Å².